The molecule has 1 N–H and O–H groups in total. The van der Waals surface area contributed by atoms with Gasteiger partial charge in [-0.25, -0.2) is 0 Å². The van der Waals surface area contributed by atoms with Gasteiger partial charge in [0.1, 0.15) is 0 Å². The summed E-state index contributed by atoms with van der Waals surface area (Å²) in [6.45, 7) is 6.95. The van der Waals surface area contributed by atoms with E-state index in [-0.39, 0.29) is 11.9 Å². The number of rotatable bonds is 2. The number of hydrogen-bond acceptors (Lipinski definition) is 2. The zero-order chi connectivity index (χ0) is 15.0. The van der Waals surface area contributed by atoms with Gasteiger partial charge < -0.3 is 4.90 Å². The number of carbonyl (C=O) groups excluding carboxylic acids is 1. The Morgan fingerprint density at radius 1 is 1.33 bits per heavy atom. The van der Waals surface area contributed by atoms with Crippen LogP contribution in [0.25, 0.3) is 0 Å². The molecule has 4 heteroatoms. The van der Waals surface area contributed by atoms with Crippen LogP contribution in [0, 0.1) is 13.8 Å². The van der Waals surface area contributed by atoms with Gasteiger partial charge in [0, 0.05) is 24.2 Å². The van der Waals surface area contributed by atoms with Crippen LogP contribution < -0.4 is 0 Å². The van der Waals surface area contributed by atoms with Gasteiger partial charge in [0.05, 0.1) is 11.8 Å². The molecule has 1 aliphatic heterocycles. The average molecular weight is 283 g/mol. The first kappa shape index (κ1) is 13.9. The smallest absolute Gasteiger partial charge is 0.257 e. The monoisotopic (exact) mass is 283 g/mol. The maximum absolute atomic E-state index is 12.7. The second kappa shape index (κ2) is 5.35. The molecule has 0 bridgehead atoms. The first-order valence-corrected chi connectivity index (χ1v) is 7.44. The fourth-order valence-corrected chi connectivity index (χ4v) is 3.31. The minimum atomic E-state index is 0.0878. The second-order valence-electron chi connectivity index (χ2n) is 6.00. The highest BCUT2D eigenvalue weighted by atomic mass is 16.2. The molecule has 1 aromatic heterocycles. The van der Waals surface area contributed by atoms with E-state index in [4.69, 9.17) is 0 Å². The molecule has 2 atom stereocenters. The van der Waals surface area contributed by atoms with Crippen LogP contribution in [-0.4, -0.2) is 33.6 Å². The van der Waals surface area contributed by atoms with Crippen molar-refractivity contribution in [2.45, 2.75) is 39.2 Å². The lowest BCUT2D eigenvalue weighted by molar-refractivity contribution is 0.0745. The molecule has 0 radical (unpaired) electrons. The van der Waals surface area contributed by atoms with Crippen molar-refractivity contribution in [1.29, 1.82) is 0 Å². The molecular formula is C17H21N3O. The van der Waals surface area contributed by atoms with E-state index in [1.807, 2.05) is 11.8 Å². The number of likely N-dealkylation sites (tertiary alicyclic amines) is 1. The van der Waals surface area contributed by atoms with E-state index in [2.05, 4.69) is 48.3 Å². The van der Waals surface area contributed by atoms with Crippen molar-refractivity contribution in [3.05, 3.63) is 52.8 Å². The van der Waals surface area contributed by atoms with E-state index >= 15 is 0 Å². The van der Waals surface area contributed by atoms with E-state index in [1.165, 1.54) is 11.1 Å². The number of H-pyrrole nitrogens is 1. The molecule has 0 aliphatic carbocycles. The fourth-order valence-electron chi connectivity index (χ4n) is 3.31. The van der Waals surface area contributed by atoms with Crippen LogP contribution in [0.4, 0.5) is 0 Å². The number of nitrogens with zero attached hydrogens (tertiary/aromatic N) is 2. The average Bonchev–Trinajstić information content (AvgIpc) is 3.05. The lowest BCUT2D eigenvalue weighted by Crippen LogP contribution is -2.34. The first-order chi connectivity index (χ1) is 10.1. The predicted molar refractivity (Wildman–Crippen MR) is 82.4 cm³/mol. The number of carbonyl (C=O) groups is 1. The number of nitrogens with one attached hydrogen (secondary N) is 1. The number of aromatic nitrogens is 2. The number of amides is 1. The van der Waals surface area contributed by atoms with Crippen molar-refractivity contribution in [2.24, 2.45) is 0 Å². The van der Waals surface area contributed by atoms with Gasteiger partial charge in [-0.15, -0.1) is 0 Å². The van der Waals surface area contributed by atoms with E-state index in [0.29, 0.717) is 11.5 Å². The van der Waals surface area contributed by atoms with Gasteiger partial charge in [0.2, 0.25) is 0 Å². The highest BCUT2D eigenvalue weighted by molar-refractivity contribution is 5.95. The van der Waals surface area contributed by atoms with Crippen LogP contribution in [0.2, 0.25) is 0 Å². The molecule has 1 fully saturated rings. The second-order valence-corrected chi connectivity index (χ2v) is 6.00. The van der Waals surface area contributed by atoms with Gasteiger partial charge in [0.25, 0.3) is 5.91 Å². The lowest BCUT2D eigenvalue weighted by atomic mass is 9.93. The Morgan fingerprint density at radius 3 is 2.76 bits per heavy atom. The maximum atomic E-state index is 12.7. The van der Waals surface area contributed by atoms with Crippen molar-refractivity contribution < 1.29 is 4.79 Å². The molecule has 1 aromatic carbocycles. The highest BCUT2D eigenvalue weighted by Crippen LogP contribution is 2.34. The van der Waals surface area contributed by atoms with Gasteiger partial charge in [-0.2, -0.15) is 5.10 Å². The summed E-state index contributed by atoms with van der Waals surface area (Å²) < 4.78 is 0. The van der Waals surface area contributed by atoms with E-state index in [0.717, 1.165) is 18.7 Å². The molecule has 0 spiro atoms. The van der Waals surface area contributed by atoms with Crippen LogP contribution in [0.1, 0.15) is 46.4 Å². The first-order valence-electron chi connectivity index (χ1n) is 7.44. The van der Waals surface area contributed by atoms with Crippen LogP contribution in [0.15, 0.2) is 30.5 Å². The largest absolute Gasteiger partial charge is 0.335 e. The van der Waals surface area contributed by atoms with E-state index in [9.17, 15) is 4.79 Å². The standard InChI is InChI=1S/C17H21N3O/c1-11-6-4-5-7-15(11)14-8-12(2)20(10-14)17(21)16-9-18-19-13(16)3/h4-7,9,12,14H,8,10H2,1-3H3,(H,18,19)/t12-,14-/m0/s1. The number of aromatic amines is 1. The quantitative estimate of drug-likeness (QED) is 0.921. The van der Waals surface area contributed by atoms with Crippen LogP contribution in [0.3, 0.4) is 0 Å². The molecule has 2 aromatic rings. The summed E-state index contributed by atoms with van der Waals surface area (Å²) in [5, 5.41) is 6.80. The summed E-state index contributed by atoms with van der Waals surface area (Å²) in [5.74, 6) is 0.516. The number of aryl methyl sites for hydroxylation is 2. The fraction of sp³-hybridized carbons (Fsp3) is 0.412. The maximum Gasteiger partial charge on any atom is 0.257 e. The zero-order valence-electron chi connectivity index (χ0n) is 12.8. The summed E-state index contributed by atoms with van der Waals surface area (Å²) in [4.78, 5) is 14.6. The third-order valence-corrected chi connectivity index (χ3v) is 4.52. The molecule has 1 amide bonds. The summed E-state index contributed by atoms with van der Waals surface area (Å²) >= 11 is 0. The summed E-state index contributed by atoms with van der Waals surface area (Å²) in [6.07, 6.45) is 2.65. The van der Waals surface area contributed by atoms with E-state index in [1.54, 1.807) is 6.20 Å². The van der Waals surface area contributed by atoms with Gasteiger partial charge in [-0.1, -0.05) is 24.3 Å². The van der Waals surface area contributed by atoms with E-state index < -0.39 is 0 Å². The molecule has 110 valence electrons. The summed E-state index contributed by atoms with van der Waals surface area (Å²) in [6, 6.07) is 8.73. The van der Waals surface area contributed by atoms with Gasteiger partial charge in [0.15, 0.2) is 0 Å². The Balaban J connectivity index is 1.82. The van der Waals surface area contributed by atoms with Crippen molar-refractivity contribution in [3.63, 3.8) is 0 Å². The Bertz CT molecular complexity index is 662. The molecule has 1 aliphatic rings. The van der Waals surface area contributed by atoms with Crippen LogP contribution in [0.5, 0.6) is 0 Å². The zero-order valence-corrected chi connectivity index (χ0v) is 12.8. The molecule has 0 unspecified atom stereocenters. The number of hydrogen-bond donors (Lipinski definition) is 1. The molecule has 21 heavy (non-hydrogen) atoms. The normalized spacial score (nSPS) is 21.8. The van der Waals surface area contributed by atoms with Crippen LogP contribution in [-0.2, 0) is 0 Å². The van der Waals surface area contributed by atoms with Gasteiger partial charge >= 0.3 is 0 Å². The molecule has 1 saturated heterocycles. The minimum absolute atomic E-state index is 0.0878. The Morgan fingerprint density at radius 2 is 2.10 bits per heavy atom. The number of benzene rings is 1. The Kier molecular flexibility index (Phi) is 3.53. The van der Waals surface area contributed by atoms with Crippen LogP contribution >= 0.6 is 0 Å². The third-order valence-electron chi connectivity index (χ3n) is 4.52. The minimum Gasteiger partial charge on any atom is -0.335 e. The van der Waals surface area contributed by atoms with Crippen molar-refractivity contribution >= 4 is 5.91 Å². The summed E-state index contributed by atoms with van der Waals surface area (Å²) in [5.41, 5.74) is 4.20. The van der Waals surface area contributed by atoms with Crippen molar-refractivity contribution in [2.75, 3.05) is 6.54 Å². The Labute approximate surface area is 125 Å². The van der Waals surface area contributed by atoms with Crippen molar-refractivity contribution in [1.82, 2.24) is 15.1 Å². The predicted octanol–water partition coefficient (Wildman–Crippen LogP) is 3.04. The van der Waals surface area contributed by atoms with Gasteiger partial charge in [-0.05, 0) is 38.3 Å². The summed E-state index contributed by atoms with van der Waals surface area (Å²) in [7, 11) is 0. The molecule has 4 nitrogen and oxygen atoms in total. The molecule has 0 saturated carbocycles. The molecular weight excluding hydrogens is 262 g/mol. The van der Waals surface area contributed by atoms with Gasteiger partial charge in [-0.3, -0.25) is 9.89 Å². The van der Waals surface area contributed by atoms with Crippen molar-refractivity contribution in [3.8, 4) is 0 Å². The SMILES string of the molecule is Cc1ccccc1[C@H]1C[C@H](C)N(C(=O)c2cn[nH]c2C)C1. The topological polar surface area (TPSA) is 49.0 Å². The molecule has 3 rings (SSSR count). The highest BCUT2D eigenvalue weighted by Gasteiger charge is 2.34. The molecule has 2 heterocycles. The lowest BCUT2D eigenvalue weighted by Gasteiger charge is -2.21. The Hall–Kier alpha value is -2.10. The third kappa shape index (κ3) is 2.46.